The molecule has 2 rings (SSSR count). The van der Waals surface area contributed by atoms with Gasteiger partial charge in [-0.3, -0.25) is 4.79 Å². The predicted molar refractivity (Wildman–Crippen MR) is 101 cm³/mol. The van der Waals surface area contributed by atoms with Gasteiger partial charge >= 0.3 is 5.97 Å². The molecule has 0 saturated heterocycles. The normalized spacial score (nSPS) is 13.0. The van der Waals surface area contributed by atoms with E-state index in [9.17, 15) is 14.7 Å². The second-order valence-corrected chi connectivity index (χ2v) is 6.91. The second kappa shape index (κ2) is 9.33. The molecule has 2 N–H and O–H groups in total. The number of amides is 1. The van der Waals surface area contributed by atoms with Gasteiger partial charge in [-0.25, -0.2) is 9.78 Å². The van der Waals surface area contributed by atoms with Crippen molar-refractivity contribution in [2.75, 3.05) is 6.61 Å². The molecule has 0 aliphatic heterocycles. The summed E-state index contributed by atoms with van der Waals surface area (Å²) >= 11 is 1.45. The molecule has 0 unspecified atom stereocenters. The van der Waals surface area contributed by atoms with Gasteiger partial charge in [-0.2, -0.15) is 0 Å². The number of carboxylic acids is 1. The average molecular weight is 376 g/mol. The van der Waals surface area contributed by atoms with Crippen LogP contribution in [0.25, 0.3) is 10.6 Å². The van der Waals surface area contributed by atoms with Gasteiger partial charge in [-0.1, -0.05) is 20.3 Å². The lowest BCUT2D eigenvalue weighted by Crippen LogP contribution is -2.45. The van der Waals surface area contributed by atoms with E-state index in [0.717, 1.165) is 16.3 Å². The fourth-order valence-corrected chi connectivity index (χ4v) is 3.28. The predicted octanol–water partition coefficient (Wildman–Crippen LogP) is 3.37. The number of hydrogen-bond acceptors (Lipinski definition) is 5. The molecular formula is C19H24N2O4S. The number of nitrogens with one attached hydrogen (secondary N) is 1. The third-order valence-corrected chi connectivity index (χ3v) is 5.04. The van der Waals surface area contributed by atoms with Gasteiger partial charge in [0, 0.05) is 10.9 Å². The van der Waals surface area contributed by atoms with E-state index in [2.05, 4.69) is 10.3 Å². The lowest BCUT2D eigenvalue weighted by molar-refractivity contribution is -0.143. The van der Waals surface area contributed by atoms with Gasteiger partial charge in [0.2, 0.25) is 5.91 Å². The van der Waals surface area contributed by atoms with Gasteiger partial charge in [0.1, 0.15) is 16.8 Å². The molecule has 6 nitrogen and oxygen atoms in total. The van der Waals surface area contributed by atoms with Crippen LogP contribution in [0.4, 0.5) is 0 Å². The van der Waals surface area contributed by atoms with E-state index in [1.165, 1.54) is 11.3 Å². The lowest BCUT2D eigenvalue weighted by atomic mass is 9.99. The number of ether oxygens (including phenoxy) is 1. The van der Waals surface area contributed by atoms with Gasteiger partial charge in [0.15, 0.2) is 0 Å². The van der Waals surface area contributed by atoms with Crippen molar-refractivity contribution in [2.45, 2.75) is 39.7 Å². The second-order valence-electron chi connectivity index (χ2n) is 6.05. The zero-order valence-electron chi connectivity index (χ0n) is 15.2. The van der Waals surface area contributed by atoms with Crippen LogP contribution in [-0.2, 0) is 16.0 Å². The van der Waals surface area contributed by atoms with E-state index in [1.807, 2.05) is 50.4 Å². The van der Waals surface area contributed by atoms with E-state index in [1.54, 1.807) is 0 Å². The zero-order valence-corrected chi connectivity index (χ0v) is 16.0. The maximum absolute atomic E-state index is 12.2. The largest absolute Gasteiger partial charge is 0.494 e. The molecule has 0 fully saturated rings. The maximum atomic E-state index is 12.2. The summed E-state index contributed by atoms with van der Waals surface area (Å²) in [5.74, 6) is -0.675. The summed E-state index contributed by atoms with van der Waals surface area (Å²) in [6.07, 6.45) is 0.740. The highest BCUT2D eigenvalue weighted by molar-refractivity contribution is 7.13. The Morgan fingerprint density at radius 2 is 1.96 bits per heavy atom. The first-order valence-electron chi connectivity index (χ1n) is 8.64. The Balaban J connectivity index is 2.00. The number of nitrogens with zero attached hydrogens (tertiary/aromatic N) is 1. The Bertz CT molecular complexity index is 742. The number of thiazole rings is 1. The molecule has 1 aromatic carbocycles. The number of hydrogen-bond donors (Lipinski definition) is 2. The standard InChI is InChI=1S/C19H24N2O4S/c1-4-12(3)17(19(23)24)21-16(22)10-14-11-26-18(20-14)13-6-8-15(9-7-13)25-5-2/h6-9,11-12,17H,4-5,10H2,1-3H3,(H,21,22)(H,23,24)/t12-,17-/m0/s1. The van der Waals surface area contributed by atoms with Gasteiger partial charge < -0.3 is 15.2 Å². The maximum Gasteiger partial charge on any atom is 0.326 e. The van der Waals surface area contributed by atoms with Crippen molar-refractivity contribution in [3.63, 3.8) is 0 Å². The van der Waals surface area contributed by atoms with Crippen molar-refractivity contribution in [3.8, 4) is 16.3 Å². The summed E-state index contributed by atoms with van der Waals surface area (Å²) < 4.78 is 5.42. The molecule has 2 atom stereocenters. The minimum atomic E-state index is -1.01. The van der Waals surface area contributed by atoms with Crippen molar-refractivity contribution < 1.29 is 19.4 Å². The molecule has 0 saturated carbocycles. The number of carbonyl (C=O) groups excluding carboxylic acids is 1. The van der Waals surface area contributed by atoms with Crippen LogP contribution in [0.5, 0.6) is 5.75 Å². The summed E-state index contributed by atoms with van der Waals surface area (Å²) in [6, 6.07) is 6.75. The Morgan fingerprint density at radius 1 is 1.27 bits per heavy atom. The monoisotopic (exact) mass is 376 g/mol. The van der Waals surface area contributed by atoms with Gasteiger partial charge in [0.05, 0.1) is 18.7 Å². The fourth-order valence-electron chi connectivity index (χ4n) is 2.45. The van der Waals surface area contributed by atoms with E-state index in [-0.39, 0.29) is 18.2 Å². The fraction of sp³-hybridized carbons (Fsp3) is 0.421. The highest BCUT2D eigenvalue weighted by atomic mass is 32.1. The Morgan fingerprint density at radius 3 is 2.54 bits per heavy atom. The molecule has 1 aromatic heterocycles. The number of aromatic nitrogens is 1. The molecule has 1 amide bonds. The third kappa shape index (κ3) is 5.29. The first kappa shape index (κ1) is 19.9. The summed E-state index contributed by atoms with van der Waals surface area (Å²) in [4.78, 5) is 28.0. The highest BCUT2D eigenvalue weighted by Crippen LogP contribution is 2.26. The minimum Gasteiger partial charge on any atom is -0.494 e. The summed E-state index contributed by atoms with van der Waals surface area (Å²) in [7, 11) is 0. The third-order valence-electron chi connectivity index (χ3n) is 4.10. The molecule has 0 aliphatic carbocycles. The van der Waals surface area contributed by atoms with Crippen LogP contribution in [0.3, 0.4) is 0 Å². The van der Waals surface area contributed by atoms with Crippen molar-refractivity contribution >= 4 is 23.2 Å². The quantitative estimate of drug-likeness (QED) is 0.700. The molecular weight excluding hydrogens is 352 g/mol. The number of benzene rings is 1. The van der Waals surface area contributed by atoms with Crippen LogP contribution in [-0.4, -0.2) is 34.6 Å². The molecule has 7 heteroatoms. The Kier molecular flexibility index (Phi) is 7.15. The minimum absolute atomic E-state index is 0.0632. The molecule has 2 aromatic rings. The first-order chi connectivity index (χ1) is 12.4. The van der Waals surface area contributed by atoms with E-state index >= 15 is 0 Å². The summed E-state index contributed by atoms with van der Waals surface area (Å²) in [5, 5.41) is 14.5. The smallest absolute Gasteiger partial charge is 0.326 e. The molecule has 1 heterocycles. The topological polar surface area (TPSA) is 88.5 Å². The van der Waals surface area contributed by atoms with Crippen LogP contribution < -0.4 is 10.1 Å². The Labute approximate surface area is 157 Å². The SMILES string of the molecule is CCOc1ccc(-c2nc(CC(=O)N[C@H](C(=O)O)[C@@H](C)CC)cs2)cc1. The first-order valence-corrected chi connectivity index (χ1v) is 9.52. The van der Waals surface area contributed by atoms with Gasteiger partial charge in [-0.15, -0.1) is 11.3 Å². The van der Waals surface area contributed by atoms with Crippen LogP contribution in [0.1, 0.15) is 32.9 Å². The van der Waals surface area contributed by atoms with Crippen LogP contribution in [0.15, 0.2) is 29.6 Å². The molecule has 0 aliphatic rings. The van der Waals surface area contributed by atoms with Gasteiger partial charge in [-0.05, 0) is 37.1 Å². The van der Waals surface area contributed by atoms with Crippen molar-refractivity contribution in [1.29, 1.82) is 0 Å². The van der Waals surface area contributed by atoms with Crippen molar-refractivity contribution in [1.82, 2.24) is 10.3 Å². The average Bonchev–Trinajstić information content (AvgIpc) is 3.08. The number of rotatable bonds is 9. The number of aliphatic carboxylic acids is 1. The molecule has 0 radical (unpaired) electrons. The van der Waals surface area contributed by atoms with Crippen molar-refractivity contribution in [2.24, 2.45) is 5.92 Å². The molecule has 0 spiro atoms. The summed E-state index contributed by atoms with van der Waals surface area (Å²) in [5.41, 5.74) is 1.58. The van der Waals surface area contributed by atoms with E-state index in [4.69, 9.17) is 4.74 Å². The number of carboxylic acid groups (broad SMARTS) is 1. The van der Waals surface area contributed by atoms with Crippen LogP contribution in [0, 0.1) is 5.92 Å². The highest BCUT2D eigenvalue weighted by Gasteiger charge is 2.25. The molecule has 26 heavy (non-hydrogen) atoms. The summed E-state index contributed by atoms with van der Waals surface area (Å²) in [6.45, 7) is 6.26. The Hall–Kier alpha value is -2.41. The zero-order chi connectivity index (χ0) is 19.1. The molecule has 140 valence electrons. The number of carbonyl (C=O) groups is 2. The van der Waals surface area contributed by atoms with Crippen LogP contribution in [0.2, 0.25) is 0 Å². The van der Waals surface area contributed by atoms with Crippen LogP contribution >= 0.6 is 11.3 Å². The van der Waals surface area contributed by atoms with Crippen molar-refractivity contribution in [3.05, 3.63) is 35.3 Å². The molecule has 0 bridgehead atoms. The lowest BCUT2D eigenvalue weighted by Gasteiger charge is -2.19. The van der Waals surface area contributed by atoms with E-state index in [0.29, 0.717) is 18.7 Å². The van der Waals surface area contributed by atoms with Gasteiger partial charge in [0.25, 0.3) is 0 Å². The van der Waals surface area contributed by atoms with E-state index < -0.39 is 12.0 Å².